The molecule has 4 rings (SSSR count). The minimum atomic E-state index is -0.146. The average molecular weight is 419 g/mol. The van der Waals surface area contributed by atoms with Crippen molar-refractivity contribution in [1.82, 2.24) is 15.2 Å². The standard InChI is InChI=1S/C23H22N4O2S/c1-15(2)16-8-10-18(11-9-16)22-26-27-23(30-22)25-20(28)12-13-21-24-14-19(29-21)17-6-4-3-5-7-17/h3-11,14-15H,12-13H2,1-2H3,(H,25,27,28). The minimum Gasteiger partial charge on any atom is -0.441 e. The van der Waals surface area contributed by atoms with Crippen molar-refractivity contribution in [3.63, 3.8) is 0 Å². The molecule has 0 radical (unpaired) electrons. The number of amides is 1. The van der Waals surface area contributed by atoms with Gasteiger partial charge in [0.05, 0.1) is 6.20 Å². The highest BCUT2D eigenvalue weighted by atomic mass is 32.1. The Morgan fingerprint density at radius 1 is 1.03 bits per heavy atom. The Morgan fingerprint density at radius 2 is 1.80 bits per heavy atom. The maximum Gasteiger partial charge on any atom is 0.226 e. The summed E-state index contributed by atoms with van der Waals surface area (Å²) in [6, 6.07) is 18.0. The summed E-state index contributed by atoms with van der Waals surface area (Å²) in [5.74, 6) is 1.57. The van der Waals surface area contributed by atoms with Crippen LogP contribution >= 0.6 is 11.3 Å². The number of aryl methyl sites for hydroxylation is 1. The molecule has 1 N–H and O–H groups in total. The number of benzene rings is 2. The van der Waals surface area contributed by atoms with Gasteiger partial charge in [0, 0.05) is 24.0 Å². The molecule has 152 valence electrons. The van der Waals surface area contributed by atoms with E-state index >= 15 is 0 Å². The molecule has 4 aromatic rings. The maximum absolute atomic E-state index is 12.3. The number of carbonyl (C=O) groups is 1. The number of oxazole rings is 1. The molecule has 7 heteroatoms. The average Bonchev–Trinajstić information content (AvgIpc) is 3.43. The fourth-order valence-electron chi connectivity index (χ4n) is 2.96. The van der Waals surface area contributed by atoms with Crippen LogP contribution in [0.5, 0.6) is 0 Å². The lowest BCUT2D eigenvalue weighted by molar-refractivity contribution is -0.116. The van der Waals surface area contributed by atoms with Gasteiger partial charge in [-0.15, -0.1) is 10.2 Å². The van der Waals surface area contributed by atoms with E-state index in [0.29, 0.717) is 29.1 Å². The highest BCUT2D eigenvalue weighted by Crippen LogP contribution is 2.28. The second-order valence-corrected chi connectivity index (χ2v) is 8.20. The van der Waals surface area contributed by atoms with Gasteiger partial charge < -0.3 is 9.73 Å². The van der Waals surface area contributed by atoms with E-state index in [-0.39, 0.29) is 12.3 Å². The van der Waals surface area contributed by atoms with Crippen molar-refractivity contribution < 1.29 is 9.21 Å². The van der Waals surface area contributed by atoms with Gasteiger partial charge in [0.2, 0.25) is 11.0 Å². The van der Waals surface area contributed by atoms with Gasteiger partial charge in [0.25, 0.3) is 0 Å². The van der Waals surface area contributed by atoms with Crippen molar-refractivity contribution in [2.24, 2.45) is 0 Å². The molecule has 0 fully saturated rings. The third kappa shape index (κ3) is 4.80. The van der Waals surface area contributed by atoms with Crippen molar-refractivity contribution in [3.8, 4) is 21.9 Å². The molecule has 2 aromatic carbocycles. The van der Waals surface area contributed by atoms with E-state index in [1.165, 1.54) is 16.9 Å². The molecule has 0 atom stereocenters. The van der Waals surface area contributed by atoms with E-state index in [4.69, 9.17) is 4.42 Å². The summed E-state index contributed by atoms with van der Waals surface area (Å²) < 4.78 is 5.74. The fraction of sp³-hybridized carbons (Fsp3) is 0.217. The van der Waals surface area contributed by atoms with Crippen molar-refractivity contribution in [1.29, 1.82) is 0 Å². The smallest absolute Gasteiger partial charge is 0.226 e. The first-order valence-corrected chi connectivity index (χ1v) is 10.6. The van der Waals surface area contributed by atoms with Crippen LogP contribution in [0.25, 0.3) is 21.9 Å². The molecule has 30 heavy (non-hydrogen) atoms. The van der Waals surface area contributed by atoms with Crippen LogP contribution in [0.15, 0.2) is 65.2 Å². The van der Waals surface area contributed by atoms with Gasteiger partial charge in [0.1, 0.15) is 5.01 Å². The van der Waals surface area contributed by atoms with Crippen LogP contribution in [0.2, 0.25) is 0 Å². The number of hydrogen-bond acceptors (Lipinski definition) is 6. The summed E-state index contributed by atoms with van der Waals surface area (Å²) in [7, 11) is 0. The maximum atomic E-state index is 12.3. The third-order valence-electron chi connectivity index (χ3n) is 4.67. The van der Waals surface area contributed by atoms with Crippen molar-refractivity contribution in [2.75, 3.05) is 5.32 Å². The van der Waals surface area contributed by atoms with E-state index < -0.39 is 0 Å². The Labute approximate surface area is 179 Å². The van der Waals surface area contributed by atoms with Crippen molar-refractivity contribution >= 4 is 22.4 Å². The van der Waals surface area contributed by atoms with Crippen molar-refractivity contribution in [3.05, 3.63) is 72.2 Å². The lowest BCUT2D eigenvalue weighted by atomic mass is 10.0. The largest absolute Gasteiger partial charge is 0.441 e. The zero-order chi connectivity index (χ0) is 20.9. The number of carbonyl (C=O) groups excluding carboxylic acids is 1. The molecular weight excluding hydrogens is 396 g/mol. The summed E-state index contributed by atoms with van der Waals surface area (Å²) in [6.45, 7) is 4.32. The van der Waals surface area contributed by atoms with E-state index in [1.807, 2.05) is 42.5 Å². The summed E-state index contributed by atoms with van der Waals surface area (Å²) in [4.78, 5) is 16.5. The molecule has 0 aliphatic carbocycles. The molecule has 0 unspecified atom stereocenters. The Morgan fingerprint density at radius 3 is 2.53 bits per heavy atom. The number of hydrogen-bond donors (Lipinski definition) is 1. The molecule has 0 saturated heterocycles. The Hall–Kier alpha value is -3.32. The van der Waals surface area contributed by atoms with Crippen LogP contribution in [-0.2, 0) is 11.2 Å². The van der Waals surface area contributed by atoms with Crippen LogP contribution in [-0.4, -0.2) is 21.1 Å². The van der Waals surface area contributed by atoms with Crippen LogP contribution in [0, 0.1) is 0 Å². The molecular formula is C23H22N4O2S. The predicted octanol–water partition coefficient (Wildman–Crippen LogP) is 5.55. The van der Waals surface area contributed by atoms with Gasteiger partial charge in [-0.2, -0.15) is 0 Å². The summed E-state index contributed by atoms with van der Waals surface area (Å²) in [6.07, 6.45) is 2.36. The first kappa shape index (κ1) is 20.0. The third-order valence-corrected chi connectivity index (χ3v) is 5.56. The molecule has 2 heterocycles. The number of anilines is 1. The van der Waals surface area contributed by atoms with Crippen LogP contribution in [0.3, 0.4) is 0 Å². The molecule has 2 aromatic heterocycles. The van der Waals surface area contributed by atoms with Crippen LogP contribution < -0.4 is 5.32 Å². The van der Waals surface area contributed by atoms with Gasteiger partial charge >= 0.3 is 0 Å². The molecule has 1 amide bonds. The molecule has 0 bridgehead atoms. The Bertz CT molecular complexity index is 1120. The van der Waals surface area contributed by atoms with E-state index in [2.05, 4.69) is 46.5 Å². The summed E-state index contributed by atoms with van der Waals surface area (Å²) in [5, 5.41) is 12.4. The van der Waals surface area contributed by atoms with E-state index in [0.717, 1.165) is 16.1 Å². The Balaban J connectivity index is 1.32. The fourth-order valence-corrected chi connectivity index (χ4v) is 3.73. The Kier molecular flexibility index (Phi) is 5.99. The van der Waals surface area contributed by atoms with Gasteiger partial charge in [-0.05, 0) is 11.5 Å². The second-order valence-electron chi connectivity index (χ2n) is 7.22. The SMILES string of the molecule is CC(C)c1ccc(-c2nnc(NC(=O)CCc3ncc(-c4ccccc4)o3)s2)cc1. The molecule has 0 aliphatic heterocycles. The molecule has 0 aliphatic rings. The first-order chi connectivity index (χ1) is 14.6. The number of nitrogens with zero attached hydrogens (tertiary/aromatic N) is 3. The molecule has 0 spiro atoms. The first-order valence-electron chi connectivity index (χ1n) is 9.82. The van der Waals surface area contributed by atoms with Gasteiger partial charge in [-0.25, -0.2) is 4.98 Å². The molecule has 6 nitrogen and oxygen atoms in total. The van der Waals surface area contributed by atoms with Crippen LogP contribution in [0.4, 0.5) is 5.13 Å². The highest BCUT2D eigenvalue weighted by molar-refractivity contribution is 7.18. The zero-order valence-electron chi connectivity index (χ0n) is 16.8. The van der Waals surface area contributed by atoms with Gasteiger partial charge in [-0.3, -0.25) is 4.79 Å². The zero-order valence-corrected chi connectivity index (χ0v) is 17.6. The summed E-state index contributed by atoms with van der Waals surface area (Å²) >= 11 is 1.36. The lowest BCUT2D eigenvalue weighted by Crippen LogP contribution is -2.12. The number of nitrogens with one attached hydrogen (secondary N) is 1. The molecule has 0 saturated carbocycles. The predicted molar refractivity (Wildman–Crippen MR) is 118 cm³/mol. The summed E-state index contributed by atoms with van der Waals surface area (Å²) in [5.41, 5.74) is 3.23. The second kappa shape index (κ2) is 9.00. The van der Waals surface area contributed by atoms with E-state index in [9.17, 15) is 4.79 Å². The monoisotopic (exact) mass is 418 g/mol. The topological polar surface area (TPSA) is 80.9 Å². The van der Waals surface area contributed by atoms with Crippen molar-refractivity contribution in [2.45, 2.75) is 32.6 Å². The lowest BCUT2D eigenvalue weighted by Gasteiger charge is -2.04. The van der Waals surface area contributed by atoms with Gasteiger partial charge in [-0.1, -0.05) is 79.8 Å². The normalized spacial score (nSPS) is 11.0. The number of aromatic nitrogens is 3. The van der Waals surface area contributed by atoms with E-state index in [1.54, 1.807) is 6.20 Å². The van der Waals surface area contributed by atoms with Gasteiger partial charge in [0.15, 0.2) is 11.7 Å². The quantitative estimate of drug-likeness (QED) is 0.425. The highest BCUT2D eigenvalue weighted by Gasteiger charge is 2.12. The minimum absolute atomic E-state index is 0.146. The van der Waals surface area contributed by atoms with Crippen LogP contribution in [0.1, 0.15) is 37.6 Å². The number of rotatable bonds is 7.